The molecule has 0 aromatic heterocycles. The summed E-state index contributed by atoms with van der Waals surface area (Å²) in [6.45, 7) is -0.232. The van der Waals surface area contributed by atoms with Crippen molar-refractivity contribution in [2.45, 2.75) is 6.42 Å². The topological polar surface area (TPSA) is 84.9 Å². The van der Waals surface area contributed by atoms with Crippen molar-refractivity contribution in [1.82, 2.24) is 0 Å². The highest BCUT2D eigenvalue weighted by Crippen LogP contribution is 2.33. The summed E-state index contributed by atoms with van der Waals surface area (Å²) in [5.74, 6) is -1.27. The molecule has 1 N–H and O–H groups in total. The van der Waals surface area contributed by atoms with Crippen molar-refractivity contribution < 1.29 is 23.9 Å². The molecule has 31 heavy (non-hydrogen) atoms. The van der Waals surface area contributed by atoms with E-state index in [9.17, 15) is 14.4 Å². The maximum absolute atomic E-state index is 12.5. The first-order valence-electron chi connectivity index (χ1n) is 9.94. The van der Waals surface area contributed by atoms with E-state index in [1.807, 2.05) is 42.5 Å². The highest BCUT2D eigenvalue weighted by atomic mass is 16.5. The lowest BCUT2D eigenvalue weighted by Crippen LogP contribution is -2.28. The van der Waals surface area contributed by atoms with Gasteiger partial charge >= 0.3 is 5.97 Å². The van der Waals surface area contributed by atoms with E-state index in [0.29, 0.717) is 17.1 Å². The fourth-order valence-electron chi connectivity index (χ4n) is 3.73. The Morgan fingerprint density at radius 2 is 1.77 bits per heavy atom. The number of hydrogen-bond donors (Lipinski definition) is 1. The Kier molecular flexibility index (Phi) is 5.84. The Morgan fingerprint density at radius 3 is 2.61 bits per heavy atom. The number of rotatable bonds is 6. The lowest BCUT2D eigenvalue weighted by molar-refractivity contribution is -0.151. The highest BCUT2D eigenvalue weighted by molar-refractivity contribution is 6.03. The van der Waals surface area contributed by atoms with Crippen LogP contribution in [-0.2, 0) is 19.1 Å². The Bertz CT molecular complexity index is 1140. The van der Waals surface area contributed by atoms with E-state index in [1.54, 1.807) is 24.3 Å². The summed E-state index contributed by atoms with van der Waals surface area (Å²) in [6.07, 6.45) is 0.0296. The van der Waals surface area contributed by atoms with Gasteiger partial charge in [0.25, 0.3) is 5.91 Å². The van der Waals surface area contributed by atoms with Crippen molar-refractivity contribution >= 4 is 39.9 Å². The van der Waals surface area contributed by atoms with Crippen LogP contribution in [0.25, 0.3) is 10.8 Å². The molecule has 0 radical (unpaired) electrons. The largest absolute Gasteiger partial charge is 0.495 e. The fraction of sp³-hybridized carbons (Fsp3) is 0.208. The molecule has 0 saturated carbocycles. The maximum atomic E-state index is 12.5. The van der Waals surface area contributed by atoms with Crippen LogP contribution in [0.1, 0.15) is 6.42 Å². The zero-order valence-corrected chi connectivity index (χ0v) is 17.0. The first-order valence-corrected chi connectivity index (χ1v) is 9.94. The van der Waals surface area contributed by atoms with Gasteiger partial charge in [-0.25, -0.2) is 0 Å². The van der Waals surface area contributed by atoms with E-state index in [2.05, 4.69) is 5.32 Å². The van der Waals surface area contributed by atoms with Crippen molar-refractivity contribution in [3.8, 4) is 5.75 Å². The number of esters is 1. The van der Waals surface area contributed by atoms with Crippen LogP contribution in [0.4, 0.5) is 11.4 Å². The second kappa shape index (κ2) is 8.87. The normalized spacial score (nSPS) is 15.7. The molecule has 4 rings (SSSR count). The fourth-order valence-corrected chi connectivity index (χ4v) is 3.73. The first-order chi connectivity index (χ1) is 15.1. The van der Waals surface area contributed by atoms with Gasteiger partial charge < -0.3 is 19.7 Å². The lowest BCUT2D eigenvalue weighted by Gasteiger charge is -2.19. The number of carbonyl (C=O) groups excluding carboxylic acids is 3. The molecule has 1 aliphatic heterocycles. The van der Waals surface area contributed by atoms with Crippen LogP contribution in [0.15, 0.2) is 66.7 Å². The van der Waals surface area contributed by atoms with Gasteiger partial charge in [-0.1, -0.05) is 48.5 Å². The SMILES string of the molecule is COc1ccccc1N1CC(C(=O)OCC(=O)Nc2cccc3ccccc23)CC1=O. The second-order valence-corrected chi connectivity index (χ2v) is 7.26. The van der Waals surface area contributed by atoms with E-state index in [0.717, 1.165) is 10.8 Å². The lowest BCUT2D eigenvalue weighted by atomic mass is 10.1. The standard InChI is InChI=1S/C24H22N2O5/c1-30-21-12-5-4-11-20(21)26-14-17(13-23(26)28)24(29)31-15-22(27)25-19-10-6-8-16-7-2-3-9-18(16)19/h2-12,17H,13-15H2,1H3,(H,25,27). The summed E-state index contributed by atoms with van der Waals surface area (Å²) in [5.41, 5.74) is 1.26. The van der Waals surface area contributed by atoms with Crippen LogP contribution in [-0.4, -0.2) is 38.0 Å². The number of fused-ring (bicyclic) bond motifs is 1. The molecule has 1 saturated heterocycles. The third-order valence-electron chi connectivity index (χ3n) is 5.24. The van der Waals surface area contributed by atoms with Gasteiger partial charge in [0, 0.05) is 24.0 Å². The monoisotopic (exact) mass is 418 g/mol. The smallest absolute Gasteiger partial charge is 0.311 e. The summed E-state index contributed by atoms with van der Waals surface area (Å²) in [6, 6.07) is 20.4. The third kappa shape index (κ3) is 4.35. The molecule has 0 bridgehead atoms. The number of carbonyl (C=O) groups is 3. The van der Waals surface area contributed by atoms with Gasteiger partial charge in [-0.2, -0.15) is 0 Å². The molecule has 3 aromatic carbocycles. The maximum Gasteiger partial charge on any atom is 0.311 e. The zero-order chi connectivity index (χ0) is 21.8. The Labute approximate surface area is 179 Å². The van der Waals surface area contributed by atoms with Crippen molar-refractivity contribution in [3.63, 3.8) is 0 Å². The third-order valence-corrected chi connectivity index (χ3v) is 5.24. The van der Waals surface area contributed by atoms with E-state index >= 15 is 0 Å². The molecular formula is C24H22N2O5. The first kappa shape index (κ1) is 20.4. The number of anilines is 2. The van der Waals surface area contributed by atoms with Crippen molar-refractivity contribution in [2.24, 2.45) is 5.92 Å². The average Bonchev–Trinajstić information content (AvgIpc) is 3.19. The highest BCUT2D eigenvalue weighted by Gasteiger charge is 2.37. The molecule has 7 heteroatoms. The summed E-state index contributed by atoms with van der Waals surface area (Å²) >= 11 is 0. The number of benzene rings is 3. The number of amides is 2. The molecule has 2 amide bonds. The molecular weight excluding hydrogens is 396 g/mol. The second-order valence-electron chi connectivity index (χ2n) is 7.26. The van der Waals surface area contributed by atoms with Crippen LogP contribution in [0.3, 0.4) is 0 Å². The number of methoxy groups -OCH3 is 1. The van der Waals surface area contributed by atoms with E-state index < -0.39 is 24.4 Å². The summed E-state index contributed by atoms with van der Waals surface area (Å²) in [7, 11) is 1.53. The van der Waals surface area contributed by atoms with Gasteiger partial charge in [0.1, 0.15) is 5.75 Å². The summed E-state index contributed by atoms with van der Waals surface area (Å²) < 4.78 is 10.5. The molecule has 158 valence electrons. The Balaban J connectivity index is 1.35. The minimum absolute atomic E-state index is 0.0296. The van der Waals surface area contributed by atoms with Crippen molar-refractivity contribution in [2.75, 3.05) is 30.5 Å². The molecule has 1 aliphatic rings. The average molecular weight is 418 g/mol. The van der Waals surface area contributed by atoms with Gasteiger partial charge in [0.05, 0.1) is 18.7 Å². The van der Waals surface area contributed by atoms with Crippen LogP contribution in [0.2, 0.25) is 0 Å². The Morgan fingerprint density at radius 1 is 1.03 bits per heavy atom. The van der Waals surface area contributed by atoms with Crippen LogP contribution in [0, 0.1) is 5.92 Å². The van der Waals surface area contributed by atoms with E-state index in [1.165, 1.54) is 12.0 Å². The molecule has 7 nitrogen and oxygen atoms in total. The molecule has 0 aliphatic carbocycles. The van der Waals surface area contributed by atoms with E-state index in [-0.39, 0.29) is 18.9 Å². The molecule has 1 unspecified atom stereocenters. The number of nitrogens with zero attached hydrogens (tertiary/aromatic N) is 1. The zero-order valence-electron chi connectivity index (χ0n) is 17.0. The summed E-state index contributed by atoms with van der Waals surface area (Å²) in [4.78, 5) is 38.8. The van der Waals surface area contributed by atoms with Gasteiger partial charge in [-0.05, 0) is 23.6 Å². The van der Waals surface area contributed by atoms with Gasteiger partial charge in [0.2, 0.25) is 5.91 Å². The predicted molar refractivity (Wildman–Crippen MR) is 117 cm³/mol. The van der Waals surface area contributed by atoms with Crippen LogP contribution >= 0.6 is 0 Å². The predicted octanol–water partition coefficient (Wildman–Crippen LogP) is 3.38. The van der Waals surface area contributed by atoms with Crippen molar-refractivity contribution in [3.05, 3.63) is 66.7 Å². The number of hydrogen-bond acceptors (Lipinski definition) is 5. The minimum atomic E-state index is -0.636. The number of ether oxygens (including phenoxy) is 2. The number of para-hydroxylation sites is 2. The van der Waals surface area contributed by atoms with Gasteiger partial charge in [-0.3, -0.25) is 14.4 Å². The molecule has 1 fully saturated rings. The van der Waals surface area contributed by atoms with E-state index in [4.69, 9.17) is 9.47 Å². The van der Waals surface area contributed by atoms with Crippen LogP contribution < -0.4 is 15.0 Å². The quantitative estimate of drug-likeness (QED) is 0.621. The molecule has 1 atom stereocenters. The van der Waals surface area contributed by atoms with Gasteiger partial charge in [0.15, 0.2) is 6.61 Å². The van der Waals surface area contributed by atoms with Crippen molar-refractivity contribution in [1.29, 1.82) is 0 Å². The van der Waals surface area contributed by atoms with Crippen LogP contribution in [0.5, 0.6) is 5.75 Å². The Hall–Kier alpha value is -3.87. The molecule has 0 spiro atoms. The number of nitrogens with one attached hydrogen (secondary N) is 1. The summed E-state index contributed by atoms with van der Waals surface area (Å²) in [5, 5.41) is 4.68. The molecule has 1 heterocycles. The van der Waals surface area contributed by atoms with Gasteiger partial charge in [-0.15, -0.1) is 0 Å². The molecule has 3 aromatic rings. The minimum Gasteiger partial charge on any atom is -0.495 e.